The van der Waals surface area contributed by atoms with Gasteiger partial charge < -0.3 is 19.7 Å². The molecular formula is C11H11BrN2O7. The van der Waals surface area contributed by atoms with E-state index in [1.165, 1.54) is 0 Å². The highest BCUT2D eigenvalue weighted by atomic mass is 79.9. The van der Waals surface area contributed by atoms with Gasteiger partial charge in [-0.05, 0) is 15.9 Å². The molecule has 2 rings (SSSR count). The molecule has 1 aliphatic heterocycles. The number of esters is 1. The fraction of sp³-hybridized carbons (Fsp3) is 0.364. The lowest BCUT2D eigenvalue weighted by atomic mass is 10.1. The Bertz CT molecular complexity index is 682. The van der Waals surface area contributed by atoms with Crippen LogP contribution in [0.4, 0.5) is 0 Å². The highest BCUT2D eigenvalue weighted by Gasteiger charge is 2.48. The predicted octanol–water partition coefficient (Wildman–Crippen LogP) is -1.40. The summed E-state index contributed by atoms with van der Waals surface area (Å²) in [7, 11) is 0. The molecule has 10 heteroatoms. The van der Waals surface area contributed by atoms with E-state index < -0.39 is 41.8 Å². The number of carbonyl (C=O) groups excluding carboxylic acids is 1. The second-order valence-corrected chi connectivity index (χ2v) is 5.03. The molecule has 2 heterocycles. The normalized spacial score (nSPS) is 28.3. The highest BCUT2D eigenvalue weighted by molar-refractivity contribution is 9.10. The van der Waals surface area contributed by atoms with Crippen molar-refractivity contribution >= 4 is 21.9 Å². The lowest BCUT2D eigenvalue weighted by Gasteiger charge is -2.16. The van der Waals surface area contributed by atoms with Gasteiger partial charge in [0.05, 0.1) is 10.7 Å². The van der Waals surface area contributed by atoms with E-state index in [-0.39, 0.29) is 4.47 Å². The molecule has 1 saturated heterocycles. The molecule has 1 aromatic rings. The topological polar surface area (TPSA) is 131 Å². The molecule has 3 N–H and O–H groups in total. The number of hydrogen-bond donors (Lipinski definition) is 3. The van der Waals surface area contributed by atoms with Gasteiger partial charge in [-0.25, -0.2) is 9.59 Å². The van der Waals surface area contributed by atoms with Crippen LogP contribution < -0.4 is 11.2 Å². The van der Waals surface area contributed by atoms with E-state index in [0.29, 0.717) is 0 Å². The van der Waals surface area contributed by atoms with Crippen LogP contribution in [0.5, 0.6) is 0 Å². The average molecular weight is 363 g/mol. The van der Waals surface area contributed by atoms with Crippen molar-refractivity contribution < 1.29 is 24.5 Å². The molecule has 9 nitrogen and oxygen atoms in total. The number of carbonyl (C=O) groups is 1. The molecule has 1 aromatic heterocycles. The summed E-state index contributed by atoms with van der Waals surface area (Å²) in [6.07, 6.45) is -4.07. The molecule has 0 saturated carbocycles. The molecule has 0 bridgehead atoms. The summed E-state index contributed by atoms with van der Waals surface area (Å²) in [6, 6.07) is 0. The van der Waals surface area contributed by atoms with Gasteiger partial charge in [-0.2, -0.15) is 0 Å². The number of halogens is 1. The van der Waals surface area contributed by atoms with Crippen molar-refractivity contribution in [1.29, 1.82) is 0 Å². The largest absolute Gasteiger partial charge is 0.433 e. The maximum atomic E-state index is 11.7. The summed E-state index contributed by atoms with van der Waals surface area (Å²) in [4.78, 5) is 36.5. The molecule has 1 aliphatic rings. The van der Waals surface area contributed by atoms with Crippen molar-refractivity contribution in [3.05, 3.63) is 44.3 Å². The first-order valence-corrected chi connectivity index (χ1v) is 6.50. The van der Waals surface area contributed by atoms with E-state index in [0.717, 1.165) is 17.0 Å². The van der Waals surface area contributed by atoms with Gasteiger partial charge in [-0.1, -0.05) is 6.58 Å². The summed E-state index contributed by atoms with van der Waals surface area (Å²) >= 11 is 2.92. The van der Waals surface area contributed by atoms with E-state index in [4.69, 9.17) is 4.74 Å². The van der Waals surface area contributed by atoms with Gasteiger partial charge >= 0.3 is 11.7 Å². The minimum atomic E-state index is -1.60. The standard InChI is InChI=1S/C11H11BrN2O7/c1-2-20-10(18)7-5(15)6(16)9(21-7)14-3-4(12)8(17)13-11(14)19/h2-3,5-7,9,15-16H,1H2,(H,13,17,19)/t5-,6+,7-,9+/m0/s1. The lowest BCUT2D eigenvalue weighted by Crippen LogP contribution is -2.38. The Balaban J connectivity index is 2.36. The molecular weight excluding hydrogens is 352 g/mol. The number of nitrogens with zero attached hydrogens (tertiary/aromatic N) is 1. The van der Waals surface area contributed by atoms with Crippen LogP contribution in [0.25, 0.3) is 0 Å². The van der Waals surface area contributed by atoms with Crippen molar-refractivity contribution in [3.8, 4) is 0 Å². The first-order chi connectivity index (χ1) is 9.86. The van der Waals surface area contributed by atoms with E-state index in [1.807, 2.05) is 4.98 Å². The zero-order valence-electron chi connectivity index (χ0n) is 10.4. The summed E-state index contributed by atoms with van der Waals surface area (Å²) in [5, 5.41) is 19.7. The number of ether oxygens (including phenoxy) is 2. The molecule has 0 unspecified atom stereocenters. The molecule has 1 fully saturated rings. The van der Waals surface area contributed by atoms with Crippen molar-refractivity contribution in [1.82, 2.24) is 9.55 Å². The number of aliphatic hydroxyl groups is 2. The number of rotatable bonds is 3. The Morgan fingerprint density at radius 1 is 1.48 bits per heavy atom. The minimum absolute atomic E-state index is 0.0181. The number of aromatic nitrogens is 2. The smallest absolute Gasteiger partial charge is 0.342 e. The molecule has 4 atom stereocenters. The van der Waals surface area contributed by atoms with Gasteiger partial charge in [-0.15, -0.1) is 0 Å². The van der Waals surface area contributed by atoms with Crippen LogP contribution in [0.2, 0.25) is 0 Å². The lowest BCUT2D eigenvalue weighted by molar-refractivity contribution is -0.156. The Labute approximate surface area is 125 Å². The van der Waals surface area contributed by atoms with Crippen LogP contribution >= 0.6 is 15.9 Å². The molecule has 0 amide bonds. The Hall–Kier alpha value is -1.75. The fourth-order valence-corrected chi connectivity index (χ4v) is 2.20. The third-order valence-corrected chi connectivity index (χ3v) is 3.43. The number of hydrogen-bond acceptors (Lipinski definition) is 7. The third kappa shape index (κ3) is 2.83. The van der Waals surface area contributed by atoms with Crippen LogP contribution in [0, 0.1) is 0 Å². The number of H-pyrrole nitrogens is 1. The predicted molar refractivity (Wildman–Crippen MR) is 71.2 cm³/mol. The minimum Gasteiger partial charge on any atom is -0.433 e. The quantitative estimate of drug-likeness (QED) is 0.445. The number of nitrogens with one attached hydrogen (secondary N) is 1. The van der Waals surface area contributed by atoms with Crippen LogP contribution in [-0.2, 0) is 14.3 Å². The van der Waals surface area contributed by atoms with Crippen LogP contribution in [0.15, 0.2) is 33.1 Å². The summed E-state index contributed by atoms with van der Waals surface area (Å²) in [5.41, 5.74) is -1.52. The van der Waals surface area contributed by atoms with Crippen molar-refractivity contribution in [2.24, 2.45) is 0 Å². The van der Waals surface area contributed by atoms with Crippen molar-refractivity contribution in [2.45, 2.75) is 24.5 Å². The van der Waals surface area contributed by atoms with Gasteiger partial charge in [0, 0.05) is 6.20 Å². The first kappa shape index (κ1) is 15.6. The molecule has 0 radical (unpaired) electrons. The van der Waals surface area contributed by atoms with E-state index in [2.05, 4.69) is 27.2 Å². The zero-order chi connectivity index (χ0) is 15.7. The van der Waals surface area contributed by atoms with Gasteiger partial charge in [0.1, 0.15) is 12.2 Å². The Morgan fingerprint density at radius 3 is 2.76 bits per heavy atom. The highest BCUT2D eigenvalue weighted by Crippen LogP contribution is 2.29. The SMILES string of the molecule is C=COC(=O)[C@H]1O[C@@H](n2cc(Br)c(=O)[nH]c2=O)[C@H](O)[C@@H]1O. The van der Waals surface area contributed by atoms with E-state index >= 15 is 0 Å². The van der Waals surface area contributed by atoms with E-state index in [9.17, 15) is 24.6 Å². The van der Waals surface area contributed by atoms with Crippen LogP contribution in [0.3, 0.4) is 0 Å². The maximum absolute atomic E-state index is 11.7. The third-order valence-electron chi connectivity index (χ3n) is 2.87. The average Bonchev–Trinajstić information content (AvgIpc) is 2.71. The number of aliphatic hydroxyl groups excluding tert-OH is 2. The molecule has 0 spiro atoms. The second kappa shape index (κ2) is 5.93. The molecule has 0 aromatic carbocycles. The van der Waals surface area contributed by atoms with Crippen molar-refractivity contribution in [3.63, 3.8) is 0 Å². The monoisotopic (exact) mass is 362 g/mol. The molecule has 21 heavy (non-hydrogen) atoms. The Morgan fingerprint density at radius 2 is 2.14 bits per heavy atom. The van der Waals surface area contributed by atoms with Gasteiger partial charge in [-0.3, -0.25) is 14.3 Å². The zero-order valence-corrected chi connectivity index (χ0v) is 12.0. The van der Waals surface area contributed by atoms with Crippen LogP contribution in [-0.4, -0.2) is 44.0 Å². The summed E-state index contributed by atoms with van der Waals surface area (Å²) in [5.74, 6) is -0.962. The molecule has 114 valence electrons. The Kier molecular flexibility index (Phi) is 4.42. The van der Waals surface area contributed by atoms with Crippen LogP contribution in [0.1, 0.15) is 6.23 Å². The van der Waals surface area contributed by atoms with Gasteiger partial charge in [0.25, 0.3) is 5.56 Å². The van der Waals surface area contributed by atoms with Crippen molar-refractivity contribution in [2.75, 3.05) is 0 Å². The van der Waals surface area contributed by atoms with Gasteiger partial charge in [0.15, 0.2) is 12.3 Å². The summed E-state index contributed by atoms with van der Waals surface area (Å²) < 4.78 is 10.5. The maximum Gasteiger partial charge on any atom is 0.342 e. The molecule has 0 aliphatic carbocycles. The summed E-state index contributed by atoms with van der Waals surface area (Å²) in [6.45, 7) is 3.18. The van der Waals surface area contributed by atoms with Gasteiger partial charge in [0.2, 0.25) is 0 Å². The number of aromatic amines is 1. The fourth-order valence-electron chi connectivity index (χ4n) is 1.88. The van der Waals surface area contributed by atoms with E-state index in [1.54, 1.807) is 0 Å². The first-order valence-electron chi connectivity index (χ1n) is 5.70. The second-order valence-electron chi connectivity index (χ2n) is 4.18.